The van der Waals surface area contributed by atoms with Crippen LogP contribution in [0.4, 0.5) is 4.39 Å². The summed E-state index contributed by atoms with van der Waals surface area (Å²) >= 11 is 0. The van der Waals surface area contributed by atoms with Gasteiger partial charge in [0.2, 0.25) is 0 Å². The lowest BCUT2D eigenvalue weighted by Crippen LogP contribution is -2.10. The van der Waals surface area contributed by atoms with Gasteiger partial charge < -0.3 is 0 Å². The summed E-state index contributed by atoms with van der Waals surface area (Å²) < 4.78 is 12.2. The molecule has 0 aliphatic rings. The van der Waals surface area contributed by atoms with Crippen molar-refractivity contribution in [3.63, 3.8) is 0 Å². The van der Waals surface area contributed by atoms with E-state index in [0.717, 1.165) is 5.56 Å². The van der Waals surface area contributed by atoms with Crippen molar-refractivity contribution >= 4 is 0 Å². The first-order valence-corrected chi connectivity index (χ1v) is 6.66. The Balaban J connectivity index is 0.000000219. The van der Waals surface area contributed by atoms with Crippen LogP contribution < -0.4 is 0 Å². The molecule has 0 aromatic heterocycles. The van der Waals surface area contributed by atoms with Crippen molar-refractivity contribution in [3.05, 3.63) is 71.0 Å². The SMILES string of the molecule is C#Cc1ccc(C(C)(C)C)cc1.C#Cc1ccc(F)cc1. The number of benzene rings is 2. The van der Waals surface area contributed by atoms with Gasteiger partial charge in [-0.3, -0.25) is 0 Å². The highest BCUT2D eigenvalue weighted by Crippen LogP contribution is 2.21. The Hall–Kier alpha value is -2.51. The largest absolute Gasteiger partial charge is 0.207 e. The first-order valence-electron chi connectivity index (χ1n) is 6.66. The van der Waals surface area contributed by atoms with Crippen LogP contribution in [-0.4, -0.2) is 0 Å². The summed E-state index contributed by atoms with van der Waals surface area (Å²) in [6.45, 7) is 6.58. The smallest absolute Gasteiger partial charge is 0.123 e. The Bertz CT molecular complexity index is 641. The van der Waals surface area contributed by atoms with Crippen LogP contribution >= 0.6 is 0 Å². The van der Waals surface area contributed by atoms with Gasteiger partial charge in [-0.1, -0.05) is 44.7 Å². The first-order chi connectivity index (χ1) is 9.86. The third-order valence-electron chi connectivity index (χ3n) is 2.93. The van der Waals surface area contributed by atoms with Crippen molar-refractivity contribution in [1.29, 1.82) is 0 Å². The molecule has 106 valence electrons. The second-order valence-corrected chi connectivity index (χ2v) is 5.62. The van der Waals surface area contributed by atoms with Crippen LogP contribution in [0.1, 0.15) is 37.5 Å². The molecule has 0 aliphatic heterocycles. The standard InChI is InChI=1S/C12H14.C8H5F/c1-5-10-6-8-11(9-7-10)12(2,3)4;1-2-7-3-5-8(9)6-4-7/h1,6-9H,2-4H3;1,3-6H. The van der Waals surface area contributed by atoms with Gasteiger partial charge in [-0.05, 0) is 47.4 Å². The predicted octanol–water partition coefficient (Wildman–Crippen LogP) is 4.77. The van der Waals surface area contributed by atoms with Crippen LogP contribution in [0.3, 0.4) is 0 Å². The predicted molar refractivity (Wildman–Crippen MR) is 87.4 cm³/mol. The van der Waals surface area contributed by atoms with E-state index in [-0.39, 0.29) is 11.2 Å². The van der Waals surface area contributed by atoms with E-state index in [2.05, 4.69) is 44.7 Å². The minimum absolute atomic E-state index is 0.215. The van der Waals surface area contributed by atoms with Gasteiger partial charge in [0.05, 0.1) is 0 Å². The fourth-order valence-corrected chi connectivity index (χ4v) is 1.61. The van der Waals surface area contributed by atoms with Crippen LogP contribution in [-0.2, 0) is 5.41 Å². The Kier molecular flexibility index (Phi) is 5.77. The summed E-state index contributed by atoms with van der Waals surface area (Å²) in [6, 6.07) is 14.0. The van der Waals surface area contributed by atoms with Gasteiger partial charge >= 0.3 is 0 Å². The Morgan fingerprint density at radius 3 is 1.48 bits per heavy atom. The van der Waals surface area contributed by atoms with Crippen LogP contribution in [0.2, 0.25) is 0 Å². The van der Waals surface area contributed by atoms with E-state index in [0.29, 0.717) is 5.56 Å². The van der Waals surface area contributed by atoms with Crippen LogP contribution in [0, 0.1) is 30.5 Å². The zero-order valence-electron chi connectivity index (χ0n) is 12.7. The minimum Gasteiger partial charge on any atom is -0.207 e. The van der Waals surface area contributed by atoms with E-state index in [9.17, 15) is 4.39 Å². The van der Waals surface area contributed by atoms with Crippen LogP contribution in [0.5, 0.6) is 0 Å². The molecule has 1 heteroatoms. The van der Waals surface area contributed by atoms with Crippen molar-refractivity contribution in [2.45, 2.75) is 26.2 Å². The number of hydrogen-bond acceptors (Lipinski definition) is 0. The van der Waals surface area contributed by atoms with E-state index in [1.165, 1.54) is 17.7 Å². The second kappa shape index (κ2) is 7.32. The van der Waals surface area contributed by atoms with E-state index in [4.69, 9.17) is 12.8 Å². The second-order valence-electron chi connectivity index (χ2n) is 5.62. The molecule has 0 bridgehead atoms. The molecule has 0 aliphatic carbocycles. The van der Waals surface area contributed by atoms with Crippen molar-refractivity contribution in [1.82, 2.24) is 0 Å². The number of rotatable bonds is 0. The lowest BCUT2D eigenvalue weighted by molar-refractivity contribution is 0.590. The zero-order valence-corrected chi connectivity index (χ0v) is 12.7. The van der Waals surface area contributed by atoms with E-state index in [1.54, 1.807) is 12.1 Å². The maximum Gasteiger partial charge on any atom is 0.123 e. The van der Waals surface area contributed by atoms with E-state index >= 15 is 0 Å². The minimum atomic E-state index is -0.256. The van der Waals surface area contributed by atoms with Gasteiger partial charge in [0.1, 0.15) is 5.82 Å². The monoisotopic (exact) mass is 278 g/mol. The highest BCUT2D eigenvalue weighted by molar-refractivity contribution is 5.36. The van der Waals surface area contributed by atoms with Gasteiger partial charge in [-0.15, -0.1) is 12.8 Å². The fourth-order valence-electron chi connectivity index (χ4n) is 1.61. The molecule has 0 nitrogen and oxygen atoms in total. The van der Waals surface area contributed by atoms with Crippen LogP contribution in [0.15, 0.2) is 48.5 Å². The molecule has 0 saturated carbocycles. The summed E-state index contributed by atoms with van der Waals surface area (Å²) in [5.74, 6) is 4.74. The molecule has 0 N–H and O–H groups in total. The molecule has 0 saturated heterocycles. The normalized spacial score (nSPS) is 9.81. The van der Waals surface area contributed by atoms with E-state index in [1.807, 2.05) is 12.1 Å². The summed E-state index contributed by atoms with van der Waals surface area (Å²) in [4.78, 5) is 0. The lowest BCUT2D eigenvalue weighted by Gasteiger charge is -2.18. The Labute approximate surface area is 127 Å². The Morgan fingerprint density at radius 2 is 1.14 bits per heavy atom. The molecule has 21 heavy (non-hydrogen) atoms. The molecule has 0 radical (unpaired) electrons. The van der Waals surface area contributed by atoms with Crippen LogP contribution in [0.25, 0.3) is 0 Å². The molecule has 2 aromatic rings. The van der Waals surface area contributed by atoms with Gasteiger partial charge in [0.15, 0.2) is 0 Å². The van der Waals surface area contributed by atoms with E-state index < -0.39 is 0 Å². The zero-order chi connectivity index (χ0) is 15.9. The lowest BCUT2D eigenvalue weighted by atomic mass is 9.87. The fraction of sp³-hybridized carbons (Fsp3) is 0.200. The molecule has 2 rings (SSSR count). The maximum absolute atomic E-state index is 12.2. The van der Waals surface area contributed by atoms with Crippen molar-refractivity contribution < 1.29 is 4.39 Å². The number of terminal acetylenes is 2. The van der Waals surface area contributed by atoms with Crippen molar-refractivity contribution in [3.8, 4) is 24.7 Å². The van der Waals surface area contributed by atoms with Gasteiger partial charge in [0, 0.05) is 11.1 Å². The van der Waals surface area contributed by atoms with Gasteiger partial charge in [-0.25, -0.2) is 4.39 Å². The first kappa shape index (κ1) is 16.5. The third-order valence-corrected chi connectivity index (χ3v) is 2.93. The summed E-state index contributed by atoms with van der Waals surface area (Å²) in [7, 11) is 0. The number of hydrogen-bond donors (Lipinski definition) is 0. The van der Waals surface area contributed by atoms with Gasteiger partial charge in [0.25, 0.3) is 0 Å². The topological polar surface area (TPSA) is 0 Å². The summed E-state index contributed by atoms with van der Waals surface area (Å²) in [5.41, 5.74) is 3.19. The van der Waals surface area contributed by atoms with Gasteiger partial charge in [-0.2, -0.15) is 0 Å². The molecule has 0 fully saturated rings. The maximum atomic E-state index is 12.2. The highest BCUT2D eigenvalue weighted by Gasteiger charge is 2.12. The van der Waals surface area contributed by atoms with Crippen molar-refractivity contribution in [2.75, 3.05) is 0 Å². The molecule has 0 atom stereocenters. The molecule has 0 unspecified atom stereocenters. The molecule has 0 heterocycles. The highest BCUT2D eigenvalue weighted by atomic mass is 19.1. The Morgan fingerprint density at radius 1 is 0.762 bits per heavy atom. The molecule has 2 aromatic carbocycles. The molecule has 0 amide bonds. The molecular formula is C20H19F. The number of halogens is 1. The molecule has 0 spiro atoms. The summed E-state index contributed by atoms with van der Waals surface area (Å²) in [5, 5.41) is 0. The average molecular weight is 278 g/mol. The average Bonchev–Trinajstić information content (AvgIpc) is 2.48. The molecular weight excluding hydrogens is 259 g/mol. The third kappa shape index (κ3) is 5.55. The summed E-state index contributed by atoms with van der Waals surface area (Å²) in [6.07, 6.45) is 10.3. The van der Waals surface area contributed by atoms with Crippen molar-refractivity contribution in [2.24, 2.45) is 0 Å². The quantitative estimate of drug-likeness (QED) is 0.609.